The van der Waals surface area contributed by atoms with Crippen molar-refractivity contribution in [2.75, 3.05) is 0 Å². The Kier molecular flexibility index (Phi) is 3.78. The zero-order chi connectivity index (χ0) is 6.69. The summed E-state index contributed by atoms with van der Waals surface area (Å²) in [5, 5.41) is 8.32. The number of carbonyl (C=O) groups is 1. The van der Waals surface area contributed by atoms with Crippen molar-refractivity contribution in [1.29, 1.82) is 0 Å². The second kappa shape index (κ2) is 4.10. The normalized spacial score (nSPS) is 8.00. The van der Waals surface area contributed by atoms with Crippen LogP contribution >= 0.6 is 0 Å². The molecule has 0 aliphatic heterocycles. The summed E-state index contributed by atoms with van der Waals surface area (Å²) in [5.74, 6) is -0.990. The molecule has 0 bridgehead atoms. The number of nitrogens with zero attached hydrogens (tertiary/aromatic N) is 1. The van der Waals surface area contributed by atoms with Crippen molar-refractivity contribution in [3.8, 4) is 0 Å². The number of hydrogen-bond donors (Lipinski definition) is 1. The third-order valence-corrected chi connectivity index (χ3v) is 0.884. The predicted octanol–water partition coefficient (Wildman–Crippen LogP) is 0.131. The van der Waals surface area contributed by atoms with E-state index in [1.165, 1.54) is 12.3 Å². The van der Waals surface area contributed by atoms with Gasteiger partial charge in [0.05, 0.1) is 0 Å². The summed E-state index contributed by atoms with van der Waals surface area (Å²) < 4.78 is 0. The number of hydrogen-bond acceptors (Lipinski definition) is 2. The van der Waals surface area contributed by atoms with Crippen molar-refractivity contribution in [3.63, 3.8) is 0 Å². The van der Waals surface area contributed by atoms with Crippen molar-refractivity contribution >= 4 is 24.8 Å². The van der Waals surface area contributed by atoms with Gasteiger partial charge in [-0.25, -0.2) is 9.78 Å². The van der Waals surface area contributed by atoms with E-state index in [0.29, 0.717) is 0 Å². The molecule has 48 valence electrons. The number of carboxylic acids is 1. The first-order chi connectivity index (χ1) is 4.30. The molecule has 0 amide bonds. The molecular formula is C6H6LiNO2. The minimum absolute atomic E-state index is 0. The van der Waals surface area contributed by atoms with E-state index in [1.54, 1.807) is 12.1 Å². The predicted molar refractivity (Wildman–Crippen MR) is 38.3 cm³/mol. The summed E-state index contributed by atoms with van der Waals surface area (Å²) in [6.07, 6.45) is 1.45. The summed E-state index contributed by atoms with van der Waals surface area (Å²) >= 11 is 0. The molecule has 3 nitrogen and oxygen atoms in total. The van der Waals surface area contributed by atoms with E-state index >= 15 is 0 Å². The summed E-state index contributed by atoms with van der Waals surface area (Å²) in [7, 11) is 0. The number of aromatic nitrogens is 1. The average molecular weight is 131 g/mol. The van der Waals surface area contributed by atoms with Gasteiger partial charge in [-0.3, -0.25) is 0 Å². The summed E-state index contributed by atoms with van der Waals surface area (Å²) in [6.45, 7) is 0. The minimum atomic E-state index is -0.990. The molecule has 1 heterocycles. The first kappa shape index (κ1) is 9.22. The summed E-state index contributed by atoms with van der Waals surface area (Å²) in [6, 6.07) is 4.76. The summed E-state index contributed by atoms with van der Waals surface area (Å²) in [4.78, 5) is 13.7. The van der Waals surface area contributed by atoms with Crippen molar-refractivity contribution in [2.24, 2.45) is 0 Å². The fourth-order valence-electron chi connectivity index (χ4n) is 0.489. The Balaban J connectivity index is 0.000000810. The average Bonchev–Trinajstić information content (AvgIpc) is 1.90. The van der Waals surface area contributed by atoms with Crippen LogP contribution in [0, 0.1) is 0 Å². The molecule has 0 fully saturated rings. The topological polar surface area (TPSA) is 50.2 Å². The Labute approximate surface area is 70.3 Å². The van der Waals surface area contributed by atoms with Gasteiger partial charge in [-0.1, -0.05) is 6.07 Å². The van der Waals surface area contributed by atoms with Crippen LogP contribution in [0.2, 0.25) is 0 Å². The van der Waals surface area contributed by atoms with E-state index in [0.717, 1.165) is 0 Å². The maximum absolute atomic E-state index is 10.1. The molecule has 0 spiro atoms. The van der Waals surface area contributed by atoms with Gasteiger partial charge in [-0.2, -0.15) is 0 Å². The molecule has 0 unspecified atom stereocenters. The monoisotopic (exact) mass is 131 g/mol. The second-order valence-corrected chi connectivity index (χ2v) is 1.52. The Bertz CT molecular complexity index is 212. The van der Waals surface area contributed by atoms with Gasteiger partial charge in [0.1, 0.15) is 5.69 Å². The van der Waals surface area contributed by atoms with Gasteiger partial charge >= 0.3 is 24.8 Å². The van der Waals surface area contributed by atoms with Crippen LogP contribution in [0.25, 0.3) is 0 Å². The van der Waals surface area contributed by atoms with Crippen LogP contribution in [0.3, 0.4) is 0 Å². The van der Waals surface area contributed by atoms with E-state index in [2.05, 4.69) is 4.98 Å². The molecule has 0 saturated carbocycles. The van der Waals surface area contributed by atoms with Crippen LogP contribution in [-0.4, -0.2) is 34.9 Å². The molecule has 0 radical (unpaired) electrons. The van der Waals surface area contributed by atoms with E-state index in [1.807, 2.05) is 0 Å². The first-order valence-corrected chi connectivity index (χ1v) is 2.45. The first-order valence-electron chi connectivity index (χ1n) is 2.45. The fourth-order valence-corrected chi connectivity index (χ4v) is 0.489. The Morgan fingerprint density at radius 2 is 2.20 bits per heavy atom. The quantitative estimate of drug-likeness (QED) is 0.551. The van der Waals surface area contributed by atoms with Crippen LogP contribution in [-0.2, 0) is 0 Å². The standard InChI is InChI=1S/C6H5NO2.Li.H/c8-6(9)5-3-1-2-4-7-5;;/h1-4H,(H,8,9);;. The molecule has 1 aromatic rings. The zero-order valence-corrected chi connectivity index (χ0v) is 4.61. The van der Waals surface area contributed by atoms with Crippen LogP contribution in [0.5, 0.6) is 0 Å². The van der Waals surface area contributed by atoms with Crippen LogP contribution in [0.15, 0.2) is 24.4 Å². The molecule has 10 heavy (non-hydrogen) atoms. The van der Waals surface area contributed by atoms with Gasteiger partial charge in [0.25, 0.3) is 0 Å². The van der Waals surface area contributed by atoms with E-state index in [9.17, 15) is 4.79 Å². The van der Waals surface area contributed by atoms with Gasteiger partial charge in [-0.15, -0.1) is 0 Å². The van der Waals surface area contributed by atoms with E-state index in [4.69, 9.17) is 5.11 Å². The SMILES string of the molecule is O=C(O)c1ccccn1.[LiH]. The van der Waals surface area contributed by atoms with Crippen LogP contribution < -0.4 is 0 Å². The number of rotatable bonds is 1. The van der Waals surface area contributed by atoms with Gasteiger partial charge in [0.2, 0.25) is 0 Å². The van der Waals surface area contributed by atoms with E-state index in [-0.39, 0.29) is 24.6 Å². The summed E-state index contributed by atoms with van der Waals surface area (Å²) in [5.41, 5.74) is 0.0810. The van der Waals surface area contributed by atoms with Crippen molar-refractivity contribution < 1.29 is 9.90 Å². The van der Waals surface area contributed by atoms with Crippen molar-refractivity contribution in [3.05, 3.63) is 30.1 Å². The second-order valence-electron chi connectivity index (χ2n) is 1.52. The number of pyridine rings is 1. The number of carboxylic acid groups (broad SMARTS) is 1. The van der Waals surface area contributed by atoms with Crippen molar-refractivity contribution in [2.45, 2.75) is 0 Å². The number of aromatic carboxylic acids is 1. The maximum atomic E-state index is 10.1. The molecule has 0 aromatic carbocycles. The van der Waals surface area contributed by atoms with Gasteiger partial charge in [-0.05, 0) is 12.1 Å². The fraction of sp³-hybridized carbons (Fsp3) is 0. The third kappa shape index (κ3) is 2.22. The van der Waals surface area contributed by atoms with E-state index < -0.39 is 5.97 Å². The molecule has 0 aliphatic carbocycles. The van der Waals surface area contributed by atoms with Gasteiger partial charge < -0.3 is 5.11 Å². The third-order valence-electron chi connectivity index (χ3n) is 0.884. The Morgan fingerprint density at radius 3 is 2.50 bits per heavy atom. The zero-order valence-electron chi connectivity index (χ0n) is 4.61. The molecule has 1 rings (SSSR count). The van der Waals surface area contributed by atoms with Crippen LogP contribution in [0.1, 0.15) is 10.5 Å². The van der Waals surface area contributed by atoms with Crippen molar-refractivity contribution in [1.82, 2.24) is 4.98 Å². The van der Waals surface area contributed by atoms with Gasteiger partial charge in [0.15, 0.2) is 0 Å². The van der Waals surface area contributed by atoms with Gasteiger partial charge in [0, 0.05) is 6.20 Å². The Hall–Kier alpha value is -0.783. The molecule has 4 heteroatoms. The van der Waals surface area contributed by atoms with Crippen LogP contribution in [0.4, 0.5) is 0 Å². The molecular weight excluding hydrogens is 125 g/mol. The molecule has 0 atom stereocenters. The molecule has 1 N–H and O–H groups in total. The molecule has 0 aliphatic rings. The molecule has 1 aromatic heterocycles. The Morgan fingerprint density at radius 1 is 1.50 bits per heavy atom. The molecule has 0 saturated heterocycles.